The van der Waals surface area contributed by atoms with Crippen LogP contribution in [-0.2, 0) is 10.0 Å². The van der Waals surface area contributed by atoms with E-state index in [1.165, 1.54) is 0 Å². The summed E-state index contributed by atoms with van der Waals surface area (Å²) in [5, 5.41) is 0. The Labute approximate surface area is 112 Å². The van der Waals surface area contributed by atoms with Gasteiger partial charge in [-0.1, -0.05) is 42.5 Å². The third kappa shape index (κ3) is 3.66. The second-order valence-electron chi connectivity index (χ2n) is 4.15. The fraction of sp³-hybridized carbons (Fsp3) is 0.0714. The van der Waals surface area contributed by atoms with Gasteiger partial charge in [-0.2, -0.15) is 0 Å². The largest absolute Gasteiger partial charge is 0.268 e. The van der Waals surface area contributed by atoms with E-state index in [-0.39, 0.29) is 0 Å². The summed E-state index contributed by atoms with van der Waals surface area (Å²) < 4.78 is 23.9. The molecule has 0 atom stereocenters. The van der Waals surface area contributed by atoms with Crippen molar-refractivity contribution in [2.45, 2.75) is 0 Å². The molecule has 5 heteroatoms. The van der Waals surface area contributed by atoms with Crippen molar-refractivity contribution in [3.8, 4) is 11.1 Å². The Morgan fingerprint density at radius 2 is 1.42 bits per heavy atom. The van der Waals surface area contributed by atoms with Crippen LogP contribution in [0, 0.1) is 0 Å². The maximum Gasteiger partial charge on any atom is 0.264 e. The molecular weight excluding hydrogens is 262 g/mol. The fourth-order valence-corrected chi connectivity index (χ4v) is 2.13. The maximum atomic E-state index is 11.6. The second-order valence-corrected chi connectivity index (χ2v) is 5.90. The Hall–Kier alpha value is -2.14. The molecule has 4 nitrogen and oxygen atoms in total. The monoisotopic (exact) mass is 275 g/mol. The number of rotatable bonds is 3. The Morgan fingerprint density at radius 1 is 0.895 bits per heavy atom. The van der Waals surface area contributed by atoms with E-state index >= 15 is 0 Å². The predicted molar refractivity (Wildman–Crippen MR) is 74.2 cm³/mol. The summed E-state index contributed by atoms with van der Waals surface area (Å²) in [7, 11) is -3.53. The first-order valence-electron chi connectivity index (χ1n) is 5.63. The van der Waals surface area contributed by atoms with Crippen LogP contribution in [-0.4, -0.2) is 20.6 Å². The van der Waals surface area contributed by atoms with Crippen molar-refractivity contribution < 1.29 is 13.2 Å². The van der Waals surface area contributed by atoms with Gasteiger partial charge in [0.1, 0.15) is 0 Å². The van der Waals surface area contributed by atoms with E-state index in [9.17, 15) is 13.2 Å². The van der Waals surface area contributed by atoms with E-state index in [0.717, 1.165) is 17.4 Å². The van der Waals surface area contributed by atoms with Crippen LogP contribution in [0.3, 0.4) is 0 Å². The highest BCUT2D eigenvalue weighted by molar-refractivity contribution is 7.89. The van der Waals surface area contributed by atoms with Crippen LogP contribution in [0.25, 0.3) is 11.1 Å². The molecule has 0 radical (unpaired) electrons. The molecular formula is C14H13NO3S. The summed E-state index contributed by atoms with van der Waals surface area (Å²) in [5.74, 6) is -0.623. The van der Waals surface area contributed by atoms with Gasteiger partial charge in [-0.05, 0) is 23.3 Å². The number of amides is 1. The summed E-state index contributed by atoms with van der Waals surface area (Å²) in [6.45, 7) is 0. The predicted octanol–water partition coefficient (Wildman–Crippen LogP) is 2.04. The molecule has 0 bridgehead atoms. The van der Waals surface area contributed by atoms with Crippen molar-refractivity contribution in [3.05, 3.63) is 60.2 Å². The summed E-state index contributed by atoms with van der Waals surface area (Å²) in [6, 6.07) is 16.5. The highest BCUT2D eigenvalue weighted by atomic mass is 32.2. The molecule has 0 aromatic heterocycles. The van der Waals surface area contributed by atoms with Gasteiger partial charge in [-0.25, -0.2) is 13.1 Å². The van der Waals surface area contributed by atoms with E-state index in [2.05, 4.69) is 0 Å². The second kappa shape index (κ2) is 5.24. The fourth-order valence-electron chi connectivity index (χ4n) is 1.67. The average molecular weight is 275 g/mol. The van der Waals surface area contributed by atoms with Crippen molar-refractivity contribution in [2.24, 2.45) is 0 Å². The number of hydrogen-bond acceptors (Lipinski definition) is 3. The number of hydrogen-bond donors (Lipinski definition) is 1. The molecule has 2 rings (SSSR count). The van der Waals surface area contributed by atoms with Crippen molar-refractivity contribution in [2.75, 3.05) is 6.26 Å². The van der Waals surface area contributed by atoms with Gasteiger partial charge < -0.3 is 0 Å². The van der Waals surface area contributed by atoms with Gasteiger partial charge in [0.05, 0.1) is 6.26 Å². The lowest BCUT2D eigenvalue weighted by Crippen LogP contribution is -2.29. The summed E-state index contributed by atoms with van der Waals surface area (Å²) in [4.78, 5) is 11.6. The van der Waals surface area contributed by atoms with Gasteiger partial charge >= 0.3 is 0 Å². The first-order valence-corrected chi connectivity index (χ1v) is 7.52. The number of carbonyl (C=O) groups excluding carboxylic acids is 1. The standard InChI is InChI=1S/C14H13NO3S/c1-19(17,18)15-14(16)13-9-7-12(8-10-13)11-5-3-2-4-6-11/h2-10H,1H3,(H,15,16). The molecule has 19 heavy (non-hydrogen) atoms. The SMILES string of the molecule is CS(=O)(=O)NC(=O)c1ccc(-c2ccccc2)cc1. The topological polar surface area (TPSA) is 63.2 Å². The zero-order valence-corrected chi connectivity index (χ0v) is 11.1. The van der Waals surface area contributed by atoms with Crippen LogP contribution in [0.4, 0.5) is 0 Å². The number of benzene rings is 2. The minimum Gasteiger partial charge on any atom is -0.268 e. The molecule has 1 N–H and O–H groups in total. The molecule has 0 spiro atoms. The highest BCUT2D eigenvalue weighted by Gasteiger charge is 2.10. The van der Waals surface area contributed by atoms with Gasteiger partial charge in [0, 0.05) is 5.56 Å². The zero-order chi connectivity index (χ0) is 13.9. The highest BCUT2D eigenvalue weighted by Crippen LogP contribution is 2.19. The third-order valence-electron chi connectivity index (χ3n) is 2.53. The van der Waals surface area contributed by atoms with E-state index < -0.39 is 15.9 Å². The minimum atomic E-state index is -3.53. The third-order valence-corrected chi connectivity index (χ3v) is 3.09. The number of carbonyl (C=O) groups is 1. The van der Waals surface area contributed by atoms with Gasteiger partial charge in [0.15, 0.2) is 0 Å². The summed E-state index contributed by atoms with van der Waals surface area (Å²) in [5.41, 5.74) is 2.32. The molecule has 0 unspecified atom stereocenters. The van der Waals surface area contributed by atoms with Crippen LogP contribution >= 0.6 is 0 Å². The molecule has 0 aliphatic heterocycles. The minimum absolute atomic E-state index is 0.310. The molecule has 1 amide bonds. The lowest BCUT2D eigenvalue weighted by Gasteiger charge is -2.05. The normalized spacial score (nSPS) is 11.0. The van der Waals surface area contributed by atoms with Crippen LogP contribution in [0.15, 0.2) is 54.6 Å². The first-order chi connectivity index (χ1) is 8.96. The number of nitrogens with one attached hydrogen (secondary N) is 1. The molecule has 0 saturated heterocycles. The molecule has 0 aliphatic carbocycles. The van der Waals surface area contributed by atoms with Gasteiger partial charge in [-0.3, -0.25) is 4.79 Å². The van der Waals surface area contributed by atoms with Gasteiger partial charge in [0.2, 0.25) is 10.0 Å². The molecule has 2 aromatic carbocycles. The molecule has 2 aromatic rings. The summed E-state index contributed by atoms with van der Waals surface area (Å²) >= 11 is 0. The quantitative estimate of drug-likeness (QED) is 0.932. The maximum absolute atomic E-state index is 11.6. The molecule has 0 saturated carbocycles. The number of sulfonamides is 1. The molecule has 0 fully saturated rings. The van der Waals surface area contributed by atoms with Gasteiger partial charge in [-0.15, -0.1) is 0 Å². The van der Waals surface area contributed by atoms with Gasteiger partial charge in [0.25, 0.3) is 5.91 Å². The van der Waals surface area contributed by atoms with Crippen LogP contribution in [0.2, 0.25) is 0 Å². The van der Waals surface area contributed by atoms with Crippen LogP contribution in [0.1, 0.15) is 10.4 Å². The van der Waals surface area contributed by atoms with E-state index in [1.807, 2.05) is 35.1 Å². The average Bonchev–Trinajstić information content (AvgIpc) is 2.38. The Balaban J connectivity index is 2.22. The Morgan fingerprint density at radius 3 is 1.95 bits per heavy atom. The van der Waals surface area contributed by atoms with Crippen molar-refractivity contribution in [1.82, 2.24) is 4.72 Å². The van der Waals surface area contributed by atoms with E-state index in [1.54, 1.807) is 24.3 Å². The van der Waals surface area contributed by atoms with Crippen molar-refractivity contribution in [3.63, 3.8) is 0 Å². The van der Waals surface area contributed by atoms with Crippen LogP contribution < -0.4 is 4.72 Å². The van der Waals surface area contributed by atoms with Crippen molar-refractivity contribution in [1.29, 1.82) is 0 Å². The summed E-state index contributed by atoms with van der Waals surface area (Å²) in [6.07, 6.45) is 0.948. The molecule has 0 aliphatic rings. The zero-order valence-electron chi connectivity index (χ0n) is 10.3. The molecule has 98 valence electrons. The molecule has 0 heterocycles. The van der Waals surface area contributed by atoms with Crippen molar-refractivity contribution >= 4 is 15.9 Å². The van der Waals surface area contributed by atoms with E-state index in [0.29, 0.717) is 5.56 Å². The Kier molecular flexibility index (Phi) is 3.66. The van der Waals surface area contributed by atoms with Crippen LogP contribution in [0.5, 0.6) is 0 Å². The lowest BCUT2D eigenvalue weighted by molar-refractivity contribution is 0.0981. The smallest absolute Gasteiger partial charge is 0.264 e. The van der Waals surface area contributed by atoms with E-state index in [4.69, 9.17) is 0 Å². The first kappa shape index (κ1) is 13.3. The lowest BCUT2D eigenvalue weighted by atomic mass is 10.0. The Bertz CT molecular complexity index is 676.